The molecule has 0 spiro atoms. The summed E-state index contributed by atoms with van der Waals surface area (Å²) in [5, 5.41) is 3.03. The predicted octanol–water partition coefficient (Wildman–Crippen LogP) is 3.99. The molecule has 1 saturated carbocycles. The van der Waals surface area contributed by atoms with E-state index in [1.165, 1.54) is 43.3 Å². The first-order valence-electron chi connectivity index (χ1n) is 8.85. The van der Waals surface area contributed by atoms with Gasteiger partial charge in [0.05, 0.1) is 4.90 Å². The molecule has 0 aromatic heterocycles. The Labute approximate surface area is 168 Å². The average Bonchev–Trinajstić information content (AvgIpc) is 3.15. The highest BCUT2D eigenvalue weighted by atomic mass is 35.5. The molecule has 0 atom stereocenters. The van der Waals surface area contributed by atoms with Crippen LogP contribution in [-0.4, -0.2) is 25.0 Å². The highest BCUT2D eigenvalue weighted by Gasteiger charge is 2.54. The molecule has 1 aliphatic rings. The van der Waals surface area contributed by atoms with Crippen LogP contribution in [-0.2, 0) is 19.4 Å². The minimum Gasteiger partial charge on any atom is -0.425 e. The molecule has 8 heteroatoms. The number of carbonyl (C=O) groups excluding carboxylic acids is 2. The number of sulfone groups is 1. The van der Waals surface area contributed by atoms with E-state index in [0.717, 1.165) is 0 Å². The molecule has 28 heavy (non-hydrogen) atoms. The number of halogens is 1. The molecule has 0 unspecified atom stereocenters. The third-order valence-electron chi connectivity index (χ3n) is 4.81. The van der Waals surface area contributed by atoms with Crippen molar-refractivity contribution in [3.05, 3.63) is 53.6 Å². The maximum absolute atomic E-state index is 13.3. The number of esters is 1. The Morgan fingerprint density at radius 1 is 1.00 bits per heavy atom. The van der Waals surface area contributed by atoms with Crippen LogP contribution in [0.1, 0.15) is 32.6 Å². The first-order chi connectivity index (χ1) is 13.2. The van der Waals surface area contributed by atoms with Gasteiger partial charge in [-0.3, -0.25) is 4.79 Å². The zero-order valence-electron chi connectivity index (χ0n) is 15.3. The highest BCUT2D eigenvalue weighted by molar-refractivity contribution is 7.93. The molecular weight excluding hydrogens is 402 g/mol. The lowest BCUT2D eigenvalue weighted by atomic mass is 10.1. The minimum atomic E-state index is -3.95. The molecule has 0 aliphatic heterocycles. The Morgan fingerprint density at radius 2 is 1.57 bits per heavy atom. The second kappa shape index (κ2) is 7.93. The van der Waals surface area contributed by atoms with E-state index in [2.05, 4.69) is 5.32 Å². The summed E-state index contributed by atoms with van der Waals surface area (Å²) in [5.74, 6) is -0.785. The van der Waals surface area contributed by atoms with Crippen molar-refractivity contribution in [2.24, 2.45) is 0 Å². The molecular formula is C20H20ClNO5S. The van der Waals surface area contributed by atoms with Gasteiger partial charge in [-0.1, -0.05) is 24.4 Å². The lowest BCUT2D eigenvalue weighted by molar-refractivity contribution is -0.137. The molecule has 1 aliphatic carbocycles. The van der Waals surface area contributed by atoms with Gasteiger partial charge in [0.2, 0.25) is 5.91 Å². The Bertz CT molecular complexity index is 978. The van der Waals surface area contributed by atoms with Gasteiger partial charge in [0.1, 0.15) is 5.75 Å². The fraction of sp³-hybridized carbons (Fsp3) is 0.300. The quantitative estimate of drug-likeness (QED) is 0.582. The normalized spacial score (nSPS) is 15.8. The molecule has 2 aromatic rings. The smallest absolute Gasteiger partial charge is 0.333 e. The van der Waals surface area contributed by atoms with E-state index in [9.17, 15) is 18.0 Å². The lowest BCUT2D eigenvalue weighted by Gasteiger charge is -2.26. The van der Waals surface area contributed by atoms with Crippen molar-refractivity contribution in [1.29, 1.82) is 0 Å². The number of hydrogen-bond acceptors (Lipinski definition) is 5. The number of amides is 1. The average molecular weight is 422 g/mol. The molecule has 148 valence electrons. The monoisotopic (exact) mass is 421 g/mol. The van der Waals surface area contributed by atoms with Crippen LogP contribution in [0.3, 0.4) is 0 Å². The van der Waals surface area contributed by atoms with Crippen molar-refractivity contribution in [1.82, 2.24) is 0 Å². The van der Waals surface area contributed by atoms with Gasteiger partial charge in [-0.15, -0.1) is 0 Å². The maximum atomic E-state index is 13.3. The van der Waals surface area contributed by atoms with Crippen molar-refractivity contribution in [2.75, 3.05) is 5.32 Å². The maximum Gasteiger partial charge on any atom is 0.333 e. The number of anilines is 1. The van der Waals surface area contributed by atoms with Gasteiger partial charge in [0.15, 0.2) is 14.6 Å². The van der Waals surface area contributed by atoms with Gasteiger partial charge in [0.25, 0.3) is 0 Å². The summed E-state index contributed by atoms with van der Waals surface area (Å²) in [6.45, 7) is 1.39. The molecule has 1 N–H and O–H groups in total. The third-order valence-corrected chi connectivity index (χ3v) is 7.56. The van der Waals surface area contributed by atoms with Crippen LogP contribution in [0.4, 0.5) is 5.69 Å². The standard InChI is InChI=1S/C20H20ClNO5S/c1-14(23)22-16-6-8-17(9-7-16)27-19(24)20(12-2-3-13-20)28(25,26)18-10-4-15(21)5-11-18/h4-11H,2-3,12-13H2,1H3,(H,22,23). The molecule has 0 saturated heterocycles. The lowest BCUT2D eigenvalue weighted by Crippen LogP contribution is -2.46. The zero-order chi connectivity index (χ0) is 20.4. The largest absolute Gasteiger partial charge is 0.425 e. The molecule has 1 amide bonds. The van der Waals surface area contributed by atoms with Crippen LogP contribution in [0.5, 0.6) is 5.75 Å². The summed E-state index contributed by atoms with van der Waals surface area (Å²) in [6.07, 6.45) is 1.67. The van der Waals surface area contributed by atoms with Crippen LogP contribution in [0, 0.1) is 0 Å². The Balaban J connectivity index is 1.88. The molecule has 0 heterocycles. The Morgan fingerprint density at radius 3 is 2.11 bits per heavy atom. The van der Waals surface area contributed by atoms with E-state index in [4.69, 9.17) is 16.3 Å². The first kappa shape index (κ1) is 20.4. The summed E-state index contributed by atoms with van der Waals surface area (Å²) in [5.41, 5.74) is 0.552. The van der Waals surface area contributed by atoms with Crippen molar-refractivity contribution in [3.8, 4) is 5.75 Å². The summed E-state index contributed by atoms with van der Waals surface area (Å²) >= 11 is 5.86. The van der Waals surface area contributed by atoms with Crippen LogP contribution in [0.25, 0.3) is 0 Å². The number of rotatable bonds is 5. The Hall–Kier alpha value is -2.38. The summed E-state index contributed by atoms with van der Waals surface area (Å²) < 4.78 is 30.4. The van der Waals surface area contributed by atoms with E-state index in [-0.39, 0.29) is 29.4 Å². The van der Waals surface area contributed by atoms with Gasteiger partial charge in [-0.2, -0.15) is 0 Å². The summed E-state index contributed by atoms with van der Waals surface area (Å²) in [4.78, 5) is 24.1. The van der Waals surface area contributed by atoms with Crippen molar-refractivity contribution < 1.29 is 22.7 Å². The van der Waals surface area contributed by atoms with E-state index >= 15 is 0 Å². The fourth-order valence-corrected chi connectivity index (χ4v) is 5.54. The number of hydrogen-bond donors (Lipinski definition) is 1. The fourth-order valence-electron chi connectivity index (χ4n) is 3.38. The topological polar surface area (TPSA) is 89.5 Å². The molecule has 0 bridgehead atoms. The van der Waals surface area contributed by atoms with Gasteiger partial charge in [0, 0.05) is 17.6 Å². The first-order valence-corrected chi connectivity index (χ1v) is 10.7. The number of ether oxygens (including phenoxy) is 1. The molecule has 1 fully saturated rings. The Kier molecular flexibility index (Phi) is 5.76. The van der Waals surface area contributed by atoms with Gasteiger partial charge >= 0.3 is 5.97 Å². The highest BCUT2D eigenvalue weighted by Crippen LogP contribution is 2.42. The van der Waals surface area contributed by atoms with Crippen LogP contribution in [0.2, 0.25) is 5.02 Å². The van der Waals surface area contributed by atoms with Crippen LogP contribution >= 0.6 is 11.6 Å². The molecule has 0 radical (unpaired) electrons. The van der Waals surface area contributed by atoms with E-state index < -0.39 is 20.6 Å². The molecule has 2 aromatic carbocycles. The van der Waals surface area contributed by atoms with Crippen LogP contribution < -0.4 is 10.1 Å². The van der Waals surface area contributed by atoms with Crippen molar-refractivity contribution in [2.45, 2.75) is 42.2 Å². The van der Waals surface area contributed by atoms with E-state index in [0.29, 0.717) is 23.6 Å². The van der Waals surface area contributed by atoms with E-state index in [1.807, 2.05) is 0 Å². The zero-order valence-corrected chi connectivity index (χ0v) is 16.8. The number of benzene rings is 2. The second-order valence-corrected chi connectivity index (χ2v) is 9.45. The van der Waals surface area contributed by atoms with Crippen LogP contribution in [0.15, 0.2) is 53.4 Å². The second-order valence-electron chi connectivity index (χ2n) is 6.75. The summed E-state index contributed by atoms with van der Waals surface area (Å²) in [7, 11) is -3.95. The summed E-state index contributed by atoms with van der Waals surface area (Å²) in [6, 6.07) is 12.0. The van der Waals surface area contributed by atoms with Gasteiger partial charge in [-0.05, 0) is 61.4 Å². The van der Waals surface area contributed by atoms with Gasteiger partial charge < -0.3 is 10.1 Å². The van der Waals surface area contributed by atoms with E-state index in [1.54, 1.807) is 12.1 Å². The minimum absolute atomic E-state index is 0.0526. The predicted molar refractivity (Wildman–Crippen MR) is 106 cm³/mol. The molecule has 6 nitrogen and oxygen atoms in total. The number of nitrogens with one attached hydrogen (secondary N) is 1. The third kappa shape index (κ3) is 3.91. The van der Waals surface area contributed by atoms with Crippen molar-refractivity contribution >= 4 is 39.0 Å². The number of carbonyl (C=O) groups is 2. The molecule has 3 rings (SSSR count). The van der Waals surface area contributed by atoms with Gasteiger partial charge in [-0.25, -0.2) is 13.2 Å². The van der Waals surface area contributed by atoms with Crippen molar-refractivity contribution in [3.63, 3.8) is 0 Å². The SMILES string of the molecule is CC(=O)Nc1ccc(OC(=O)C2(S(=O)(=O)c3ccc(Cl)cc3)CCCC2)cc1.